The first-order chi connectivity index (χ1) is 12.0. The highest BCUT2D eigenvalue weighted by Crippen LogP contribution is 2.25. The molecule has 1 N–H and O–H groups in total. The molecule has 0 unspecified atom stereocenters. The molecule has 0 aliphatic carbocycles. The molecule has 0 saturated heterocycles. The van der Waals surface area contributed by atoms with Gasteiger partial charge in [-0.05, 0) is 36.3 Å². The third kappa shape index (κ3) is 4.14. The average Bonchev–Trinajstić information content (AvgIpc) is 3.06. The number of hydrogen-bond donors (Lipinski definition) is 1. The first-order valence-corrected chi connectivity index (χ1v) is 8.05. The van der Waals surface area contributed by atoms with Gasteiger partial charge in [-0.25, -0.2) is 0 Å². The number of hydrogen-bond acceptors (Lipinski definition) is 4. The Morgan fingerprint density at radius 2 is 1.88 bits per heavy atom. The minimum atomic E-state index is -0.115. The molecule has 0 aliphatic heterocycles. The fourth-order valence-corrected chi connectivity index (χ4v) is 2.53. The summed E-state index contributed by atoms with van der Waals surface area (Å²) in [5, 5.41) is 7.06. The molecule has 1 amide bonds. The normalized spacial score (nSPS) is 11.4. The third-order valence-corrected chi connectivity index (χ3v) is 3.81. The number of halogens is 1. The minimum Gasteiger partial charge on any atom is -0.333 e. The maximum Gasteiger partial charge on any atom is 0.269 e. The number of aromatic nitrogens is 2. The number of carbonyl (C=O) groups is 1. The highest BCUT2D eigenvalue weighted by molar-refractivity contribution is 6.50. The minimum absolute atomic E-state index is 0.115. The number of anilines is 1. The average molecular weight is 354 g/mol. The zero-order chi connectivity index (χ0) is 17.8. The molecular formula is C19H16ClN3O2. The van der Waals surface area contributed by atoms with Gasteiger partial charge in [-0.1, -0.05) is 53.2 Å². The molecule has 25 heavy (non-hydrogen) atoms. The van der Waals surface area contributed by atoms with Crippen molar-refractivity contribution in [1.29, 1.82) is 0 Å². The summed E-state index contributed by atoms with van der Waals surface area (Å²) in [7, 11) is 0. The van der Waals surface area contributed by atoms with E-state index in [0.717, 1.165) is 22.4 Å². The van der Waals surface area contributed by atoms with Crippen molar-refractivity contribution in [3.05, 3.63) is 65.5 Å². The van der Waals surface area contributed by atoms with Gasteiger partial charge in [0.25, 0.3) is 5.89 Å². The lowest BCUT2D eigenvalue weighted by Crippen LogP contribution is -2.05. The molecule has 6 heteroatoms. The molecule has 5 nitrogen and oxygen atoms in total. The SMILES string of the molecule is CC(=O)Nc1ccc(/C=C(\Cl)c2nc(-c3ccccc3C)no2)cc1. The predicted molar refractivity (Wildman–Crippen MR) is 98.9 cm³/mol. The van der Waals surface area contributed by atoms with Crippen LogP contribution in [0.4, 0.5) is 5.69 Å². The number of aryl methyl sites for hydroxylation is 1. The van der Waals surface area contributed by atoms with E-state index in [1.165, 1.54) is 6.92 Å². The fourth-order valence-electron chi connectivity index (χ4n) is 2.33. The van der Waals surface area contributed by atoms with Gasteiger partial charge in [0, 0.05) is 18.2 Å². The van der Waals surface area contributed by atoms with Crippen LogP contribution in [0.5, 0.6) is 0 Å². The van der Waals surface area contributed by atoms with Crippen LogP contribution in [-0.2, 0) is 4.79 Å². The Labute approximate surface area is 150 Å². The lowest BCUT2D eigenvalue weighted by molar-refractivity contribution is -0.114. The zero-order valence-corrected chi connectivity index (χ0v) is 14.5. The highest BCUT2D eigenvalue weighted by atomic mass is 35.5. The van der Waals surface area contributed by atoms with E-state index in [0.29, 0.717) is 10.9 Å². The summed E-state index contributed by atoms with van der Waals surface area (Å²) < 4.78 is 5.27. The molecule has 3 rings (SSSR count). The monoisotopic (exact) mass is 353 g/mol. The zero-order valence-electron chi connectivity index (χ0n) is 13.8. The summed E-state index contributed by atoms with van der Waals surface area (Å²) in [5.41, 5.74) is 3.54. The van der Waals surface area contributed by atoms with Crippen molar-refractivity contribution in [2.75, 3.05) is 5.32 Å². The predicted octanol–water partition coefficient (Wildman–Crippen LogP) is 4.74. The molecule has 0 bridgehead atoms. The molecule has 0 saturated carbocycles. The molecule has 126 valence electrons. The number of rotatable bonds is 4. The summed E-state index contributed by atoms with van der Waals surface area (Å²) in [6.07, 6.45) is 1.73. The van der Waals surface area contributed by atoms with Gasteiger partial charge in [0.1, 0.15) is 5.03 Å². The van der Waals surface area contributed by atoms with Gasteiger partial charge in [0.05, 0.1) is 0 Å². The van der Waals surface area contributed by atoms with Gasteiger partial charge in [0.15, 0.2) is 0 Å². The Balaban J connectivity index is 1.81. The summed E-state index contributed by atoms with van der Waals surface area (Å²) >= 11 is 6.30. The summed E-state index contributed by atoms with van der Waals surface area (Å²) in [4.78, 5) is 15.4. The van der Waals surface area contributed by atoms with Crippen molar-refractivity contribution in [2.45, 2.75) is 13.8 Å². The van der Waals surface area contributed by atoms with Crippen LogP contribution in [0, 0.1) is 6.92 Å². The van der Waals surface area contributed by atoms with Crippen molar-refractivity contribution >= 4 is 34.3 Å². The Morgan fingerprint density at radius 3 is 2.56 bits per heavy atom. The molecule has 1 aromatic heterocycles. The summed E-state index contributed by atoms with van der Waals surface area (Å²) in [6, 6.07) is 15.1. The van der Waals surface area contributed by atoms with Crippen LogP contribution in [0.15, 0.2) is 53.1 Å². The van der Waals surface area contributed by atoms with Crippen molar-refractivity contribution in [2.24, 2.45) is 0 Å². The molecule has 2 aromatic carbocycles. The Hall–Kier alpha value is -2.92. The van der Waals surface area contributed by atoms with Crippen LogP contribution >= 0.6 is 11.6 Å². The van der Waals surface area contributed by atoms with E-state index >= 15 is 0 Å². The number of amides is 1. The third-order valence-electron chi connectivity index (χ3n) is 3.54. The quantitative estimate of drug-likeness (QED) is 0.735. The van der Waals surface area contributed by atoms with Crippen molar-refractivity contribution in [3.63, 3.8) is 0 Å². The molecule has 0 atom stereocenters. The van der Waals surface area contributed by atoms with Crippen LogP contribution in [0.3, 0.4) is 0 Å². The fraction of sp³-hybridized carbons (Fsp3) is 0.105. The smallest absolute Gasteiger partial charge is 0.269 e. The van der Waals surface area contributed by atoms with Crippen LogP contribution in [0.25, 0.3) is 22.5 Å². The first kappa shape index (κ1) is 16.9. The number of benzene rings is 2. The van der Waals surface area contributed by atoms with Crippen molar-refractivity contribution in [3.8, 4) is 11.4 Å². The second-order valence-corrected chi connectivity index (χ2v) is 5.94. The van der Waals surface area contributed by atoms with Crippen LogP contribution in [0.2, 0.25) is 0 Å². The largest absolute Gasteiger partial charge is 0.333 e. The van der Waals surface area contributed by atoms with E-state index in [4.69, 9.17) is 16.1 Å². The molecule has 1 heterocycles. The lowest BCUT2D eigenvalue weighted by Gasteiger charge is -2.02. The second-order valence-electron chi connectivity index (χ2n) is 5.53. The maximum atomic E-state index is 11.0. The van der Waals surface area contributed by atoms with E-state index in [9.17, 15) is 4.79 Å². The summed E-state index contributed by atoms with van der Waals surface area (Å²) in [5.74, 6) is 0.641. The number of carbonyl (C=O) groups excluding carboxylic acids is 1. The molecule has 0 spiro atoms. The van der Waals surface area contributed by atoms with Gasteiger partial charge in [-0.2, -0.15) is 4.98 Å². The van der Waals surface area contributed by atoms with E-state index in [1.807, 2.05) is 43.3 Å². The molecule has 0 radical (unpaired) electrons. The van der Waals surface area contributed by atoms with E-state index in [1.54, 1.807) is 18.2 Å². The lowest BCUT2D eigenvalue weighted by atomic mass is 10.1. The van der Waals surface area contributed by atoms with E-state index in [-0.39, 0.29) is 11.8 Å². The van der Waals surface area contributed by atoms with Crippen LogP contribution < -0.4 is 5.32 Å². The Morgan fingerprint density at radius 1 is 1.16 bits per heavy atom. The Bertz CT molecular complexity index is 930. The van der Waals surface area contributed by atoms with Crippen LogP contribution in [0.1, 0.15) is 23.9 Å². The number of nitrogens with zero attached hydrogens (tertiary/aromatic N) is 2. The standard InChI is InChI=1S/C19H16ClN3O2/c1-12-5-3-4-6-16(12)18-22-19(25-23-18)17(20)11-14-7-9-15(10-8-14)21-13(2)24/h3-11H,1-2H3,(H,21,24)/b17-11-. The van der Waals surface area contributed by atoms with Gasteiger partial charge >= 0.3 is 0 Å². The van der Waals surface area contributed by atoms with Gasteiger partial charge < -0.3 is 9.84 Å². The molecule has 3 aromatic rings. The topological polar surface area (TPSA) is 68.0 Å². The summed E-state index contributed by atoms with van der Waals surface area (Å²) in [6.45, 7) is 3.45. The second kappa shape index (κ2) is 7.32. The Kier molecular flexibility index (Phi) is 4.95. The molecule has 0 fully saturated rings. The van der Waals surface area contributed by atoms with E-state index in [2.05, 4.69) is 15.5 Å². The molecular weight excluding hydrogens is 338 g/mol. The molecule has 0 aliphatic rings. The van der Waals surface area contributed by atoms with Gasteiger partial charge in [0.2, 0.25) is 11.7 Å². The van der Waals surface area contributed by atoms with E-state index < -0.39 is 0 Å². The van der Waals surface area contributed by atoms with Crippen molar-refractivity contribution < 1.29 is 9.32 Å². The highest BCUT2D eigenvalue weighted by Gasteiger charge is 2.12. The number of nitrogens with one attached hydrogen (secondary N) is 1. The van der Waals surface area contributed by atoms with Crippen molar-refractivity contribution in [1.82, 2.24) is 10.1 Å². The van der Waals surface area contributed by atoms with Gasteiger partial charge in [-0.15, -0.1) is 0 Å². The van der Waals surface area contributed by atoms with Crippen LogP contribution in [-0.4, -0.2) is 16.0 Å². The first-order valence-electron chi connectivity index (χ1n) is 7.68. The van der Waals surface area contributed by atoms with Gasteiger partial charge in [-0.3, -0.25) is 4.79 Å². The maximum absolute atomic E-state index is 11.0.